The Morgan fingerprint density at radius 2 is 1.74 bits per heavy atom. The number of ketones is 1. The van der Waals surface area contributed by atoms with Gasteiger partial charge in [-0.25, -0.2) is 9.86 Å². The van der Waals surface area contributed by atoms with E-state index >= 15 is 0 Å². The largest absolute Gasteiger partial charge is 0.483 e. The maximum absolute atomic E-state index is 11.9. The number of thioether (sulfide) groups is 1. The molecule has 3 aromatic carbocycles. The van der Waals surface area contributed by atoms with Crippen LogP contribution < -0.4 is 4.74 Å². The minimum atomic E-state index is -0.526. The zero-order chi connectivity index (χ0) is 24.1. The van der Waals surface area contributed by atoms with Gasteiger partial charge < -0.3 is 9.47 Å². The van der Waals surface area contributed by atoms with Gasteiger partial charge in [0, 0.05) is 12.3 Å². The second kappa shape index (κ2) is 10.6. The van der Waals surface area contributed by atoms with Gasteiger partial charge in [-0.2, -0.15) is 0 Å². The highest BCUT2D eigenvalue weighted by molar-refractivity contribution is 8.03. The van der Waals surface area contributed by atoms with Crippen LogP contribution in [0, 0.1) is 0 Å². The Labute approximate surface area is 202 Å². The molecule has 3 aromatic rings. The smallest absolute Gasteiger partial charge is 0.337 e. The summed E-state index contributed by atoms with van der Waals surface area (Å²) in [6.45, 7) is 1.43. The van der Waals surface area contributed by atoms with E-state index in [0.717, 1.165) is 21.8 Å². The number of carbonyl (C=O) groups excluding carboxylic acids is 2. The Balaban J connectivity index is 1.56. The van der Waals surface area contributed by atoms with Gasteiger partial charge in [-0.05, 0) is 47.4 Å². The molecule has 2 unspecified atom stereocenters. The van der Waals surface area contributed by atoms with Crippen LogP contribution in [-0.4, -0.2) is 34.5 Å². The molecule has 1 aliphatic rings. The number of hydroxylamine groups is 2. The van der Waals surface area contributed by atoms with Crippen LogP contribution in [0.1, 0.15) is 40.1 Å². The highest BCUT2D eigenvalue weighted by atomic mass is 32.2. The maximum atomic E-state index is 11.9. The summed E-state index contributed by atoms with van der Waals surface area (Å²) in [5, 5.41) is 12.8. The average Bonchev–Trinajstić information content (AvgIpc) is 3.24. The van der Waals surface area contributed by atoms with Crippen molar-refractivity contribution >= 4 is 23.5 Å². The van der Waals surface area contributed by atoms with Crippen molar-refractivity contribution in [1.82, 2.24) is 5.06 Å². The van der Waals surface area contributed by atoms with Gasteiger partial charge in [-0.15, -0.1) is 0 Å². The maximum Gasteiger partial charge on any atom is 0.337 e. The van der Waals surface area contributed by atoms with Crippen LogP contribution in [0.2, 0.25) is 0 Å². The molecule has 0 amide bonds. The van der Waals surface area contributed by atoms with Crippen molar-refractivity contribution in [1.29, 1.82) is 0 Å². The normalized spacial score (nSPS) is 16.0. The first-order valence-electron chi connectivity index (χ1n) is 10.8. The SMILES string of the molecule is COC(=O)c1cccc(Cc2ccc(C(Oc3ccccc3)C3SC=C(C(C)=O)N3O)cc2)c1. The van der Waals surface area contributed by atoms with E-state index in [9.17, 15) is 14.8 Å². The number of hydrogen-bond donors (Lipinski definition) is 1. The molecule has 0 aromatic heterocycles. The number of allylic oxidation sites excluding steroid dienone is 1. The number of esters is 1. The monoisotopic (exact) mass is 475 g/mol. The fourth-order valence-electron chi connectivity index (χ4n) is 3.75. The second-order valence-electron chi connectivity index (χ2n) is 7.89. The van der Waals surface area contributed by atoms with Crippen LogP contribution in [0.4, 0.5) is 0 Å². The van der Waals surface area contributed by atoms with Crippen molar-refractivity contribution in [2.45, 2.75) is 24.8 Å². The average molecular weight is 476 g/mol. The summed E-state index contributed by atoms with van der Waals surface area (Å²) in [5.41, 5.74) is 3.69. The van der Waals surface area contributed by atoms with Gasteiger partial charge in [0.1, 0.15) is 16.8 Å². The Morgan fingerprint density at radius 3 is 2.38 bits per heavy atom. The summed E-state index contributed by atoms with van der Waals surface area (Å²) in [6, 6.07) is 24.7. The summed E-state index contributed by atoms with van der Waals surface area (Å²) in [4.78, 5) is 23.7. The molecule has 1 aliphatic heterocycles. The van der Waals surface area contributed by atoms with Crippen molar-refractivity contribution in [2.24, 2.45) is 0 Å². The van der Waals surface area contributed by atoms with Crippen LogP contribution >= 0.6 is 11.8 Å². The van der Waals surface area contributed by atoms with E-state index in [0.29, 0.717) is 17.7 Å². The molecule has 0 saturated heterocycles. The molecule has 6 nitrogen and oxygen atoms in total. The van der Waals surface area contributed by atoms with Crippen LogP contribution in [0.3, 0.4) is 0 Å². The van der Waals surface area contributed by atoms with Crippen molar-refractivity contribution in [3.8, 4) is 5.75 Å². The molecule has 0 bridgehead atoms. The minimum absolute atomic E-state index is 0.208. The van der Waals surface area contributed by atoms with E-state index in [2.05, 4.69) is 0 Å². The number of methoxy groups -OCH3 is 1. The molecule has 0 aliphatic carbocycles. The first-order chi connectivity index (χ1) is 16.5. The van der Waals surface area contributed by atoms with Gasteiger partial charge in [-0.1, -0.05) is 66.4 Å². The van der Waals surface area contributed by atoms with Crippen LogP contribution in [-0.2, 0) is 16.0 Å². The highest BCUT2D eigenvalue weighted by Gasteiger charge is 2.37. The molecule has 0 radical (unpaired) electrons. The van der Waals surface area contributed by atoms with Crippen molar-refractivity contribution in [3.05, 3.63) is 112 Å². The molecule has 1 heterocycles. The molecule has 0 saturated carbocycles. The summed E-state index contributed by atoms with van der Waals surface area (Å²) in [5.74, 6) is 0.0984. The molecule has 7 heteroatoms. The molecule has 34 heavy (non-hydrogen) atoms. The summed E-state index contributed by atoms with van der Waals surface area (Å²) in [7, 11) is 1.37. The lowest BCUT2D eigenvalue weighted by molar-refractivity contribution is -0.127. The Kier molecular flexibility index (Phi) is 7.35. The van der Waals surface area contributed by atoms with Gasteiger partial charge in [0.25, 0.3) is 0 Å². The predicted octanol–water partition coefficient (Wildman–Crippen LogP) is 5.38. The van der Waals surface area contributed by atoms with Crippen molar-refractivity contribution in [3.63, 3.8) is 0 Å². The summed E-state index contributed by atoms with van der Waals surface area (Å²) in [6.07, 6.45) is 0.123. The molecule has 0 fully saturated rings. The van der Waals surface area contributed by atoms with Gasteiger partial charge in [0.15, 0.2) is 11.9 Å². The first-order valence-corrected chi connectivity index (χ1v) is 11.7. The molecule has 1 N–H and O–H groups in total. The number of para-hydroxylation sites is 1. The van der Waals surface area contributed by atoms with E-state index in [4.69, 9.17) is 9.47 Å². The molecule has 4 rings (SSSR count). The summed E-state index contributed by atoms with van der Waals surface area (Å²) < 4.78 is 11.1. The van der Waals surface area contributed by atoms with E-state index in [1.54, 1.807) is 11.5 Å². The quantitative estimate of drug-likeness (QED) is 0.439. The number of rotatable bonds is 8. The molecular weight excluding hydrogens is 450 g/mol. The third-order valence-electron chi connectivity index (χ3n) is 5.50. The van der Waals surface area contributed by atoms with Crippen LogP contribution in [0.15, 0.2) is 90.0 Å². The lowest BCUT2D eigenvalue weighted by Gasteiger charge is -2.30. The number of ether oxygens (including phenoxy) is 2. The third-order valence-corrected chi connectivity index (χ3v) is 6.58. The van der Waals surface area contributed by atoms with E-state index in [-0.39, 0.29) is 17.4 Å². The number of benzene rings is 3. The number of Topliss-reactive ketones (excluding diaryl/α,β-unsaturated/α-hetero) is 1. The van der Waals surface area contributed by atoms with E-state index < -0.39 is 11.5 Å². The zero-order valence-electron chi connectivity index (χ0n) is 18.9. The standard InChI is InChI=1S/C27H25NO5S/c1-18(29)24-17-34-26(28(24)31)25(33-23-9-4-3-5-10-23)21-13-11-19(12-14-21)15-20-7-6-8-22(16-20)27(30)32-2/h3-14,16-17,25-26,31H,15H2,1-2H3. The molecule has 0 spiro atoms. The minimum Gasteiger partial charge on any atom is -0.483 e. The van der Waals surface area contributed by atoms with Crippen LogP contribution in [0.25, 0.3) is 0 Å². The second-order valence-corrected chi connectivity index (χ2v) is 8.88. The molecular formula is C27H25NO5S. The van der Waals surface area contributed by atoms with E-state index in [1.807, 2.05) is 72.8 Å². The van der Waals surface area contributed by atoms with Gasteiger partial charge in [0.05, 0.1) is 12.7 Å². The summed E-state index contributed by atoms with van der Waals surface area (Å²) >= 11 is 1.35. The Morgan fingerprint density at radius 1 is 1.00 bits per heavy atom. The lowest BCUT2D eigenvalue weighted by atomic mass is 10.00. The molecule has 2 atom stereocenters. The topological polar surface area (TPSA) is 76.1 Å². The number of nitrogens with zero attached hydrogens (tertiary/aromatic N) is 1. The Hall–Kier alpha value is -3.55. The third kappa shape index (κ3) is 5.32. The lowest BCUT2D eigenvalue weighted by Crippen LogP contribution is -2.35. The number of hydrogen-bond acceptors (Lipinski definition) is 7. The fourth-order valence-corrected chi connectivity index (χ4v) is 4.88. The van der Waals surface area contributed by atoms with Gasteiger partial charge in [-0.3, -0.25) is 10.0 Å². The van der Waals surface area contributed by atoms with Gasteiger partial charge in [0.2, 0.25) is 0 Å². The van der Waals surface area contributed by atoms with Crippen molar-refractivity contribution in [2.75, 3.05) is 7.11 Å². The van der Waals surface area contributed by atoms with Gasteiger partial charge >= 0.3 is 5.97 Å². The number of carbonyl (C=O) groups is 2. The van der Waals surface area contributed by atoms with E-state index in [1.165, 1.54) is 25.8 Å². The highest BCUT2D eigenvalue weighted by Crippen LogP contribution is 2.40. The predicted molar refractivity (Wildman–Crippen MR) is 131 cm³/mol. The first kappa shape index (κ1) is 23.6. The van der Waals surface area contributed by atoms with Crippen LogP contribution in [0.5, 0.6) is 5.75 Å². The molecule has 174 valence electrons. The zero-order valence-corrected chi connectivity index (χ0v) is 19.7. The van der Waals surface area contributed by atoms with Crippen molar-refractivity contribution < 1.29 is 24.3 Å². The Bertz CT molecular complexity index is 1190. The fraction of sp³-hybridized carbons (Fsp3) is 0.185.